The molecule has 5 nitrogen and oxygen atoms in total. The summed E-state index contributed by atoms with van der Waals surface area (Å²) in [6.07, 6.45) is -1.98. The van der Waals surface area contributed by atoms with Gasteiger partial charge in [0.2, 0.25) is 0 Å². The smallest absolute Gasteiger partial charge is 0.0990 e. The van der Waals surface area contributed by atoms with Crippen LogP contribution in [0.15, 0.2) is 0 Å². The third-order valence-corrected chi connectivity index (χ3v) is 2.00. The van der Waals surface area contributed by atoms with E-state index in [1.54, 1.807) is 0 Å². The normalized spacial score (nSPS) is 44.7. The molecule has 0 aromatic rings. The fourth-order valence-corrected chi connectivity index (χ4v) is 1.27. The molecule has 1 rings (SSSR count). The zero-order chi connectivity index (χ0) is 8.43. The van der Waals surface area contributed by atoms with Crippen LogP contribution in [-0.2, 0) is 0 Å². The van der Waals surface area contributed by atoms with Crippen LogP contribution in [0.1, 0.15) is 0 Å². The van der Waals surface area contributed by atoms with E-state index in [0.717, 1.165) is 0 Å². The van der Waals surface area contributed by atoms with Crippen molar-refractivity contribution in [3.8, 4) is 0 Å². The maximum atomic E-state index is 9.18. The lowest BCUT2D eigenvalue weighted by Crippen LogP contribution is -2.37. The Balaban J connectivity index is 2.53. The highest BCUT2D eigenvalue weighted by Gasteiger charge is 2.39. The number of hydrogen-bond donors (Lipinski definition) is 5. The first-order chi connectivity index (χ1) is 5.20. The van der Waals surface area contributed by atoms with E-state index >= 15 is 0 Å². The highest BCUT2D eigenvalue weighted by Crippen LogP contribution is 2.13. The molecule has 0 bridgehead atoms. The summed E-state index contributed by atoms with van der Waals surface area (Å²) in [6, 6.07) is -1.05. The molecule has 1 aliphatic rings. The average molecular weight is 163 g/mol. The van der Waals surface area contributed by atoms with Crippen molar-refractivity contribution in [2.45, 2.75) is 24.3 Å². The van der Waals surface area contributed by atoms with Crippen LogP contribution in [0.4, 0.5) is 0 Å². The quantitative estimate of drug-likeness (QED) is 0.300. The third-order valence-electron chi connectivity index (χ3n) is 2.00. The summed E-state index contributed by atoms with van der Waals surface area (Å²) in [5.74, 6) is 0. The highest BCUT2D eigenvalue weighted by molar-refractivity contribution is 4.97. The van der Waals surface area contributed by atoms with Crippen LogP contribution in [-0.4, -0.2) is 57.9 Å². The number of aliphatic hydroxyl groups is 4. The minimum atomic E-state index is -0.989. The number of hydrogen-bond acceptors (Lipinski definition) is 5. The molecular weight excluding hydrogens is 150 g/mol. The monoisotopic (exact) mass is 163 g/mol. The van der Waals surface area contributed by atoms with Crippen molar-refractivity contribution < 1.29 is 20.4 Å². The van der Waals surface area contributed by atoms with Gasteiger partial charge in [-0.2, -0.15) is 0 Å². The summed E-state index contributed by atoms with van der Waals surface area (Å²) in [4.78, 5) is 0. The van der Waals surface area contributed by atoms with Crippen LogP contribution in [0.5, 0.6) is 0 Å². The second kappa shape index (κ2) is 3.46. The summed E-state index contributed by atoms with van der Waals surface area (Å²) in [5.41, 5.74) is 0. The molecule has 0 spiro atoms. The molecule has 11 heavy (non-hydrogen) atoms. The van der Waals surface area contributed by atoms with Gasteiger partial charge in [0.15, 0.2) is 0 Å². The van der Waals surface area contributed by atoms with E-state index in [9.17, 15) is 10.2 Å². The summed E-state index contributed by atoms with van der Waals surface area (Å²) >= 11 is 0. The van der Waals surface area contributed by atoms with Gasteiger partial charge in [-0.15, -0.1) is 0 Å². The van der Waals surface area contributed by atoms with Gasteiger partial charge < -0.3 is 25.7 Å². The van der Waals surface area contributed by atoms with Gasteiger partial charge in [0.25, 0.3) is 0 Å². The molecule has 0 radical (unpaired) electrons. The van der Waals surface area contributed by atoms with Crippen LogP contribution in [0.2, 0.25) is 0 Å². The van der Waals surface area contributed by atoms with E-state index in [4.69, 9.17) is 10.2 Å². The van der Waals surface area contributed by atoms with Crippen molar-refractivity contribution >= 4 is 0 Å². The first kappa shape index (κ1) is 8.89. The minimum absolute atomic E-state index is 0.241. The Kier molecular flexibility index (Phi) is 2.80. The second-order valence-corrected chi connectivity index (χ2v) is 2.73. The number of aliphatic hydroxyl groups excluding tert-OH is 4. The molecule has 1 unspecified atom stereocenters. The number of rotatable bonds is 2. The maximum absolute atomic E-state index is 9.18. The lowest BCUT2D eigenvalue weighted by Gasteiger charge is -2.12. The van der Waals surface area contributed by atoms with E-state index in [0.29, 0.717) is 0 Å². The van der Waals surface area contributed by atoms with Gasteiger partial charge >= 0.3 is 0 Å². The van der Waals surface area contributed by atoms with Crippen LogP contribution in [0.25, 0.3) is 0 Å². The van der Waals surface area contributed by atoms with E-state index in [-0.39, 0.29) is 13.2 Å². The van der Waals surface area contributed by atoms with E-state index < -0.39 is 24.3 Å². The SMILES string of the molecule is OC[C@@H]1N[C@@H](CO)[C@@H](O)C1O. The molecule has 0 aromatic carbocycles. The highest BCUT2D eigenvalue weighted by atomic mass is 16.3. The molecule has 0 amide bonds. The molecule has 4 atom stereocenters. The van der Waals surface area contributed by atoms with Gasteiger partial charge in [-0.1, -0.05) is 0 Å². The fourth-order valence-electron chi connectivity index (χ4n) is 1.27. The molecular formula is C6H13NO4. The molecule has 0 aromatic heterocycles. The first-order valence-corrected chi connectivity index (χ1v) is 3.54. The molecule has 1 aliphatic heterocycles. The first-order valence-electron chi connectivity index (χ1n) is 3.54. The summed E-state index contributed by atoms with van der Waals surface area (Å²) in [5, 5.41) is 38.3. The molecule has 0 aliphatic carbocycles. The van der Waals surface area contributed by atoms with Gasteiger partial charge in [-0.05, 0) is 0 Å². The fraction of sp³-hybridized carbons (Fsp3) is 1.00. The van der Waals surface area contributed by atoms with Crippen molar-refractivity contribution in [2.75, 3.05) is 13.2 Å². The minimum Gasteiger partial charge on any atom is -0.395 e. The van der Waals surface area contributed by atoms with Gasteiger partial charge in [0.1, 0.15) is 0 Å². The van der Waals surface area contributed by atoms with Crippen LogP contribution < -0.4 is 5.32 Å². The predicted molar refractivity (Wildman–Crippen MR) is 36.9 cm³/mol. The largest absolute Gasteiger partial charge is 0.395 e. The summed E-state index contributed by atoms with van der Waals surface area (Å²) in [7, 11) is 0. The Morgan fingerprint density at radius 1 is 0.909 bits per heavy atom. The van der Waals surface area contributed by atoms with E-state index in [1.165, 1.54) is 0 Å². The van der Waals surface area contributed by atoms with Crippen LogP contribution in [0.3, 0.4) is 0 Å². The van der Waals surface area contributed by atoms with Crippen molar-refractivity contribution in [3.05, 3.63) is 0 Å². The van der Waals surface area contributed by atoms with Gasteiger partial charge in [-0.3, -0.25) is 0 Å². The summed E-state index contributed by atoms with van der Waals surface area (Å²) in [6.45, 7) is -0.483. The van der Waals surface area contributed by atoms with Crippen molar-refractivity contribution in [1.82, 2.24) is 5.32 Å². The van der Waals surface area contributed by atoms with Gasteiger partial charge in [0.05, 0.1) is 37.5 Å². The van der Waals surface area contributed by atoms with E-state index in [2.05, 4.69) is 5.32 Å². The third kappa shape index (κ3) is 1.52. The Bertz CT molecular complexity index is 114. The summed E-state index contributed by atoms with van der Waals surface area (Å²) < 4.78 is 0. The maximum Gasteiger partial charge on any atom is 0.0990 e. The molecule has 66 valence electrons. The number of nitrogens with one attached hydrogen (secondary N) is 1. The molecule has 5 heteroatoms. The topological polar surface area (TPSA) is 93.0 Å². The predicted octanol–water partition coefficient (Wildman–Crippen LogP) is -2.97. The molecule has 1 heterocycles. The van der Waals surface area contributed by atoms with Gasteiger partial charge in [-0.25, -0.2) is 0 Å². The molecule has 1 fully saturated rings. The standard InChI is InChI=1S/C6H13NO4/c8-1-3-5(10)6(11)4(2-9)7-3/h3-11H,1-2H2/t3-,4-,5+,6?/m0/s1. The van der Waals surface area contributed by atoms with Crippen LogP contribution in [0, 0.1) is 0 Å². The van der Waals surface area contributed by atoms with Crippen molar-refractivity contribution in [2.24, 2.45) is 0 Å². The van der Waals surface area contributed by atoms with E-state index in [1.807, 2.05) is 0 Å². The Morgan fingerprint density at radius 2 is 1.27 bits per heavy atom. The lowest BCUT2D eigenvalue weighted by molar-refractivity contribution is 0.0130. The van der Waals surface area contributed by atoms with Crippen molar-refractivity contribution in [3.63, 3.8) is 0 Å². The average Bonchev–Trinajstić information content (AvgIpc) is 2.30. The Labute approximate surface area is 64.3 Å². The van der Waals surface area contributed by atoms with Crippen LogP contribution >= 0.6 is 0 Å². The molecule has 5 N–H and O–H groups in total. The second-order valence-electron chi connectivity index (χ2n) is 2.73. The lowest BCUT2D eigenvalue weighted by atomic mass is 10.1. The molecule has 1 saturated heterocycles. The Morgan fingerprint density at radius 3 is 1.45 bits per heavy atom. The zero-order valence-electron chi connectivity index (χ0n) is 6.01. The zero-order valence-corrected chi connectivity index (χ0v) is 6.01. The Hall–Kier alpha value is -0.200. The van der Waals surface area contributed by atoms with Gasteiger partial charge in [0, 0.05) is 0 Å². The molecule has 0 saturated carbocycles. The van der Waals surface area contributed by atoms with Crippen molar-refractivity contribution in [1.29, 1.82) is 0 Å².